The van der Waals surface area contributed by atoms with Gasteiger partial charge in [0, 0.05) is 11.6 Å². The fourth-order valence-electron chi connectivity index (χ4n) is 1.81. The summed E-state index contributed by atoms with van der Waals surface area (Å²) in [5, 5.41) is 12.2. The van der Waals surface area contributed by atoms with E-state index in [9.17, 15) is 18.0 Å². The number of halogens is 3. The highest BCUT2D eigenvalue weighted by molar-refractivity contribution is 5.86. The molecule has 0 aliphatic carbocycles. The molecule has 0 saturated carbocycles. The number of carboxylic acids is 1. The summed E-state index contributed by atoms with van der Waals surface area (Å²) in [6.07, 6.45) is -0.148. The van der Waals surface area contributed by atoms with Crippen LogP contribution in [0.2, 0.25) is 0 Å². The summed E-state index contributed by atoms with van der Waals surface area (Å²) in [5.74, 6) is -1.36. The lowest BCUT2D eigenvalue weighted by molar-refractivity contribution is -0.164. The lowest BCUT2D eigenvalue weighted by atomic mass is 9.96. The fourth-order valence-corrected chi connectivity index (χ4v) is 1.81. The maximum absolute atomic E-state index is 12.1. The summed E-state index contributed by atoms with van der Waals surface area (Å²) in [6.45, 7) is 4.35. The van der Waals surface area contributed by atoms with Gasteiger partial charge in [-0.3, -0.25) is 0 Å². The van der Waals surface area contributed by atoms with Gasteiger partial charge >= 0.3 is 12.1 Å². The van der Waals surface area contributed by atoms with Gasteiger partial charge in [0.15, 0.2) is 6.61 Å². The number of aliphatic carboxylic acids is 1. The molecular formula is C15H23F3N2O3. The number of carbonyl (C=O) groups is 1. The highest BCUT2D eigenvalue weighted by Gasteiger charge is 2.28. The van der Waals surface area contributed by atoms with Crippen molar-refractivity contribution in [2.45, 2.75) is 32.4 Å². The molecule has 1 atom stereocenters. The van der Waals surface area contributed by atoms with Gasteiger partial charge in [0.25, 0.3) is 0 Å². The topological polar surface area (TPSA) is 70.9 Å². The molecule has 0 saturated heterocycles. The molecule has 0 unspecified atom stereocenters. The normalized spacial score (nSPS) is 14.5. The standard InChI is InChI=1S/C15H23F3N2O3/c1-11(5-4-8-19-2)9-12(14(21)22)6-7-13(20-3)23-10-15(16,17)18/h6-7,11,19H,3-5,8-10H2,1-2H3,(H,21,22)/b12-6+,13-7+/t11-/m0/s1. The minimum atomic E-state index is -4.50. The molecule has 2 N–H and O–H groups in total. The molecule has 0 heterocycles. The minimum Gasteiger partial charge on any atom is -0.478 e. The molecule has 8 heteroatoms. The molecule has 0 aromatic carbocycles. The van der Waals surface area contributed by atoms with Crippen molar-refractivity contribution >= 4 is 12.7 Å². The van der Waals surface area contributed by atoms with Crippen LogP contribution >= 0.6 is 0 Å². The number of ether oxygens (including phenoxy) is 1. The molecule has 0 fully saturated rings. The Bertz CT molecular complexity index is 446. The zero-order valence-electron chi connectivity index (χ0n) is 13.3. The number of nitrogens with zero attached hydrogens (tertiary/aromatic N) is 1. The second-order valence-corrected chi connectivity index (χ2v) is 5.12. The molecule has 0 radical (unpaired) electrons. The Morgan fingerprint density at radius 1 is 1.43 bits per heavy atom. The summed E-state index contributed by atoms with van der Waals surface area (Å²) in [5.41, 5.74) is 0.0821. The van der Waals surface area contributed by atoms with Gasteiger partial charge in [-0.05, 0) is 51.6 Å². The molecule has 0 bridgehead atoms. The molecule has 0 aliphatic rings. The first-order valence-corrected chi connectivity index (χ1v) is 7.14. The third-order valence-electron chi connectivity index (χ3n) is 2.93. The molecular weight excluding hydrogens is 313 g/mol. The molecule has 5 nitrogen and oxygen atoms in total. The number of rotatable bonds is 11. The van der Waals surface area contributed by atoms with E-state index in [0.29, 0.717) is 6.42 Å². The van der Waals surface area contributed by atoms with Crippen molar-refractivity contribution in [3.63, 3.8) is 0 Å². The molecule has 23 heavy (non-hydrogen) atoms. The average molecular weight is 336 g/mol. The monoisotopic (exact) mass is 336 g/mol. The maximum Gasteiger partial charge on any atom is 0.422 e. The first kappa shape index (κ1) is 21.2. The van der Waals surface area contributed by atoms with Crippen LogP contribution in [0.1, 0.15) is 26.2 Å². The van der Waals surface area contributed by atoms with E-state index in [1.54, 1.807) is 0 Å². The van der Waals surface area contributed by atoms with Crippen molar-refractivity contribution in [1.29, 1.82) is 0 Å². The Balaban J connectivity index is 4.78. The van der Waals surface area contributed by atoms with Crippen molar-refractivity contribution in [2.24, 2.45) is 10.9 Å². The number of alkyl halides is 3. The van der Waals surface area contributed by atoms with Crippen LogP contribution in [0.4, 0.5) is 13.2 Å². The van der Waals surface area contributed by atoms with E-state index < -0.39 is 18.8 Å². The molecule has 132 valence electrons. The third kappa shape index (κ3) is 11.4. The van der Waals surface area contributed by atoms with Gasteiger partial charge in [-0.25, -0.2) is 9.79 Å². The molecule has 0 aliphatic heterocycles. The summed E-state index contributed by atoms with van der Waals surface area (Å²) in [7, 11) is 1.84. The zero-order valence-corrected chi connectivity index (χ0v) is 13.3. The van der Waals surface area contributed by atoms with Gasteiger partial charge < -0.3 is 15.2 Å². The van der Waals surface area contributed by atoms with Crippen molar-refractivity contribution in [3.8, 4) is 0 Å². The largest absolute Gasteiger partial charge is 0.478 e. The first-order valence-electron chi connectivity index (χ1n) is 7.14. The minimum absolute atomic E-state index is 0.0821. The summed E-state index contributed by atoms with van der Waals surface area (Å²) in [6, 6.07) is 0. The molecule has 0 aromatic heterocycles. The molecule has 0 aromatic rings. The highest BCUT2D eigenvalue weighted by Crippen LogP contribution is 2.19. The van der Waals surface area contributed by atoms with Gasteiger partial charge in [0.1, 0.15) is 0 Å². The lowest BCUT2D eigenvalue weighted by Gasteiger charge is -2.11. The first-order chi connectivity index (χ1) is 10.7. The van der Waals surface area contributed by atoms with E-state index in [1.807, 2.05) is 14.0 Å². The zero-order chi connectivity index (χ0) is 17.9. The second-order valence-electron chi connectivity index (χ2n) is 5.12. The van der Waals surface area contributed by atoms with Gasteiger partial charge in [-0.2, -0.15) is 13.2 Å². The number of hydrogen-bond donors (Lipinski definition) is 2. The fraction of sp³-hybridized carbons (Fsp3) is 0.600. The van der Waals surface area contributed by atoms with Gasteiger partial charge in [0.05, 0.1) is 0 Å². The summed E-state index contributed by atoms with van der Waals surface area (Å²) < 4.78 is 40.6. The number of carboxylic acid groups (broad SMARTS) is 1. The van der Waals surface area contributed by atoms with Crippen LogP contribution < -0.4 is 5.32 Å². The highest BCUT2D eigenvalue weighted by atomic mass is 19.4. The molecule has 0 rings (SSSR count). The van der Waals surface area contributed by atoms with E-state index in [4.69, 9.17) is 5.11 Å². The van der Waals surface area contributed by atoms with Crippen LogP contribution in [0.15, 0.2) is 28.6 Å². The van der Waals surface area contributed by atoms with Crippen molar-refractivity contribution < 1.29 is 27.8 Å². The summed E-state index contributed by atoms with van der Waals surface area (Å²) in [4.78, 5) is 14.5. The molecule has 0 amide bonds. The Hall–Kier alpha value is -1.83. The van der Waals surface area contributed by atoms with E-state index in [2.05, 4.69) is 21.8 Å². The Labute approximate surface area is 133 Å². The SMILES string of the molecule is C=N/C(=C\C=C(/C[C@@H](C)CCCNC)C(=O)O)OCC(F)(F)F. The van der Waals surface area contributed by atoms with E-state index in [1.165, 1.54) is 6.08 Å². The predicted octanol–water partition coefficient (Wildman–Crippen LogP) is 3.14. The maximum atomic E-state index is 12.1. The lowest BCUT2D eigenvalue weighted by Crippen LogP contribution is -2.16. The van der Waals surface area contributed by atoms with E-state index >= 15 is 0 Å². The van der Waals surface area contributed by atoms with Gasteiger partial charge in [-0.1, -0.05) is 6.92 Å². The van der Waals surface area contributed by atoms with Crippen molar-refractivity contribution in [1.82, 2.24) is 5.32 Å². The van der Waals surface area contributed by atoms with Crippen LogP contribution in [0.5, 0.6) is 0 Å². The smallest absolute Gasteiger partial charge is 0.422 e. The number of nitrogens with one attached hydrogen (secondary N) is 1. The second kappa shape index (κ2) is 10.8. The van der Waals surface area contributed by atoms with Crippen LogP contribution in [0, 0.1) is 5.92 Å². The van der Waals surface area contributed by atoms with Crippen LogP contribution in [0.25, 0.3) is 0 Å². The number of aliphatic imine (C=N–C) groups is 1. The van der Waals surface area contributed by atoms with E-state index in [0.717, 1.165) is 25.5 Å². The summed E-state index contributed by atoms with van der Waals surface area (Å²) >= 11 is 0. The third-order valence-corrected chi connectivity index (χ3v) is 2.93. The van der Waals surface area contributed by atoms with Crippen LogP contribution in [-0.4, -0.2) is 44.2 Å². The Kier molecular flexibility index (Phi) is 9.96. The van der Waals surface area contributed by atoms with Crippen molar-refractivity contribution in [3.05, 3.63) is 23.6 Å². The molecule has 0 spiro atoms. The van der Waals surface area contributed by atoms with Gasteiger partial charge in [0.2, 0.25) is 5.88 Å². The number of allylic oxidation sites excluding steroid dienone is 2. The predicted molar refractivity (Wildman–Crippen MR) is 82.3 cm³/mol. The van der Waals surface area contributed by atoms with E-state index in [-0.39, 0.29) is 17.4 Å². The number of hydrogen-bond acceptors (Lipinski definition) is 4. The quantitative estimate of drug-likeness (QED) is 0.200. The Morgan fingerprint density at radius 2 is 2.09 bits per heavy atom. The van der Waals surface area contributed by atoms with Gasteiger partial charge in [-0.15, -0.1) is 0 Å². The van der Waals surface area contributed by atoms with Crippen LogP contribution in [0.3, 0.4) is 0 Å². The Morgan fingerprint density at radius 3 is 2.57 bits per heavy atom. The average Bonchev–Trinajstić information content (AvgIpc) is 2.45. The van der Waals surface area contributed by atoms with Crippen LogP contribution in [-0.2, 0) is 9.53 Å². The van der Waals surface area contributed by atoms with Crippen molar-refractivity contribution in [2.75, 3.05) is 20.2 Å².